The van der Waals surface area contributed by atoms with E-state index in [9.17, 15) is 9.59 Å². The third kappa shape index (κ3) is 6.00. The number of nitrogens with one attached hydrogen (secondary N) is 1. The second kappa shape index (κ2) is 9.48. The first-order valence-corrected chi connectivity index (χ1v) is 8.87. The number of carbonyl (C=O) groups excluding carboxylic acids is 2. The highest BCUT2D eigenvalue weighted by Gasteiger charge is 2.15. The van der Waals surface area contributed by atoms with Crippen LogP contribution in [0.2, 0.25) is 5.02 Å². The smallest absolute Gasteiger partial charge is 0.239 e. The molecule has 0 saturated carbocycles. The number of nitrogens with zero attached hydrogens (tertiary/aromatic N) is 1. The lowest BCUT2D eigenvalue weighted by molar-refractivity contribution is -0.134. The van der Waals surface area contributed by atoms with E-state index in [2.05, 4.69) is 11.4 Å². The lowest BCUT2D eigenvalue weighted by atomic mass is 9.97. The molecule has 0 spiro atoms. The number of amides is 2. The van der Waals surface area contributed by atoms with E-state index in [4.69, 9.17) is 11.6 Å². The summed E-state index contributed by atoms with van der Waals surface area (Å²) in [5.74, 6) is -0.270. The van der Waals surface area contributed by atoms with Gasteiger partial charge in [0.15, 0.2) is 0 Å². The Labute approximate surface area is 148 Å². The van der Waals surface area contributed by atoms with Crippen LogP contribution in [0.25, 0.3) is 0 Å². The molecule has 1 aliphatic rings. The van der Waals surface area contributed by atoms with Crippen LogP contribution in [0.4, 0.5) is 0 Å². The average molecular weight is 349 g/mol. The molecule has 1 aromatic rings. The fraction of sp³-hybridized carbons (Fsp3) is 0.474. The number of hydrogen-bond donors (Lipinski definition) is 1. The lowest BCUT2D eigenvalue weighted by Gasteiger charge is -2.21. The Morgan fingerprint density at radius 3 is 2.71 bits per heavy atom. The van der Waals surface area contributed by atoms with Gasteiger partial charge >= 0.3 is 0 Å². The summed E-state index contributed by atoms with van der Waals surface area (Å²) in [4.78, 5) is 25.4. The van der Waals surface area contributed by atoms with Gasteiger partial charge in [-0.25, -0.2) is 0 Å². The van der Waals surface area contributed by atoms with Crippen molar-refractivity contribution in [3.63, 3.8) is 0 Å². The van der Waals surface area contributed by atoms with E-state index in [1.54, 1.807) is 6.07 Å². The molecule has 4 nitrogen and oxygen atoms in total. The second-order valence-electron chi connectivity index (χ2n) is 6.17. The fourth-order valence-electron chi connectivity index (χ4n) is 2.83. The standard InChI is InChI=1S/C19H25ClN2O2/c1-15(23)22(13-17-9-5-6-10-18(17)20)14-19(24)21-12-11-16-7-3-2-4-8-16/h5-7,9-10H,2-4,8,11-14H2,1H3,(H,21,24). The lowest BCUT2D eigenvalue weighted by Crippen LogP contribution is -2.39. The van der Waals surface area contributed by atoms with Gasteiger partial charge in [0.25, 0.3) is 0 Å². The SMILES string of the molecule is CC(=O)N(CC(=O)NCCC1=CCCCC1)Cc1ccccc1Cl. The molecule has 0 atom stereocenters. The predicted octanol–water partition coefficient (Wildman–Crippen LogP) is 3.70. The predicted molar refractivity (Wildman–Crippen MR) is 96.7 cm³/mol. The highest BCUT2D eigenvalue weighted by Crippen LogP contribution is 2.19. The van der Waals surface area contributed by atoms with Crippen LogP contribution in [0.15, 0.2) is 35.9 Å². The zero-order valence-corrected chi connectivity index (χ0v) is 14.9. The van der Waals surface area contributed by atoms with Crippen molar-refractivity contribution in [3.8, 4) is 0 Å². The largest absolute Gasteiger partial charge is 0.354 e. The molecule has 1 aliphatic carbocycles. The Balaban J connectivity index is 1.81. The van der Waals surface area contributed by atoms with Crippen LogP contribution in [0, 0.1) is 0 Å². The van der Waals surface area contributed by atoms with Crippen LogP contribution in [0.5, 0.6) is 0 Å². The van der Waals surface area contributed by atoms with Crippen molar-refractivity contribution < 1.29 is 9.59 Å². The van der Waals surface area contributed by atoms with Crippen LogP contribution in [-0.2, 0) is 16.1 Å². The number of rotatable bonds is 7. The summed E-state index contributed by atoms with van der Waals surface area (Å²) in [6.07, 6.45) is 7.99. The van der Waals surface area contributed by atoms with Gasteiger partial charge in [-0.1, -0.05) is 41.4 Å². The van der Waals surface area contributed by atoms with Gasteiger partial charge < -0.3 is 10.2 Å². The summed E-state index contributed by atoms with van der Waals surface area (Å²) < 4.78 is 0. The van der Waals surface area contributed by atoms with Crippen molar-refractivity contribution in [1.82, 2.24) is 10.2 Å². The van der Waals surface area contributed by atoms with E-state index < -0.39 is 0 Å². The summed E-state index contributed by atoms with van der Waals surface area (Å²) in [6, 6.07) is 7.37. The van der Waals surface area contributed by atoms with Gasteiger partial charge in [0.2, 0.25) is 11.8 Å². The quantitative estimate of drug-likeness (QED) is 0.764. The number of benzene rings is 1. The number of allylic oxidation sites excluding steroid dienone is 1. The highest BCUT2D eigenvalue weighted by molar-refractivity contribution is 6.31. The summed E-state index contributed by atoms with van der Waals surface area (Å²) in [7, 11) is 0. The zero-order valence-electron chi connectivity index (χ0n) is 14.2. The van der Waals surface area contributed by atoms with Crippen molar-refractivity contribution in [1.29, 1.82) is 0 Å². The number of carbonyl (C=O) groups is 2. The molecule has 0 saturated heterocycles. The van der Waals surface area contributed by atoms with E-state index in [0.717, 1.165) is 24.8 Å². The molecule has 0 bridgehead atoms. The molecule has 0 radical (unpaired) electrons. The molecular weight excluding hydrogens is 324 g/mol. The number of hydrogen-bond acceptors (Lipinski definition) is 2. The summed E-state index contributed by atoms with van der Waals surface area (Å²) in [6.45, 7) is 2.49. The van der Waals surface area contributed by atoms with Gasteiger partial charge in [0, 0.05) is 25.0 Å². The van der Waals surface area contributed by atoms with E-state index in [1.807, 2.05) is 18.2 Å². The van der Waals surface area contributed by atoms with Gasteiger partial charge in [0.1, 0.15) is 0 Å². The van der Waals surface area contributed by atoms with Crippen molar-refractivity contribution in [2.45, 2.75) is 45.6 Å². The summed E-state index contributed by atoms with van der Waals surface area (Å²) >= 11 is 6.13. The number of halogens is 1. The molecule has 5 heteroatoms. The van der Waals surface area contributed by atoms with Gasteiger partial charge in [0.05, 0.1) is 6.54 Å². The minimum absolute atomic E-state index is 0.0552. The maximum absolute atomic E-state index is 12.1. The first-order valence-electron chi connectivity index (χ1n) is 8.50. The van der Waals surface area contributed by atoms with Crippen LogP contribution in [0.3, 0.4) is 0 Å². The third-order valence-corrected chi connectivity index (χ3v) is 4.62. The molecule has 0 aliphatic heterocycles. The molecule has 2 rings (SSSR count). The third-order valence-electron chi connectivity index (χ3n) is 4.25. The normalized spacial score (nSPS) is 14.0. The molecule has 1 aromatic carbocycles. The minimum Gasteiger partial charge on any atom is -0.354 e. The zero-order chi connectivity index (χ0) is 17.4. The van der Waals surface area contributed by atoms with E-state index in [1.165, 1.54) is 30.2 Å². The molecule has 1 N–H and O–H groups in total. The van der Waals surface area contributed by atoms with Crippen molar-refractivity contribution in [2.24, 2.45) is 0 Å². The monoisotopic (exact) mass is 348 g/mol. The van der Waals surface area contributed by atoms with Gasteiger partial charge in [-0.15, -0.1) is 0 Å². The van der Waals surface area contributed by atoms with E-state index in [0.29, 0.717) is 18.1 Å². The first kappa shape index (κ1) is 18.5. The Kier molecular flexibility index (Phi) is 7.32. The van der Waals surface area contributed by atoms with Crippen LogP contribution >= 0.6 is 11.6 Å². The maximum atomic E-state index is 12.1. The molecule has 2 amide bonds. The Hall–Kier alpha value is -1.81. The molecule has 0 fully saturated rings. The molecule has 24 heavy (non-hydrogen) atoms. The van der Waals surface area contributed by atoms with E-state index >= 15 is 0 Å². The van der Waals surface area contributed by atoms with Crippen molar-refractivity contribution in [2.75, 3.05) is 13.1 Å². The second-order valence-corrected chi connectivity index (χ2v) is 6.58. The van der Waals surface area contributed by atoms with Gasteiger partial charge in [-0.2, -0.15) is 0 Å². The van der Waals surface area contributed by atoms with Crippen LogP contribution < -0.4 is 5.32 Å². The highest BCUT2D eigenvalue weighted by atomic mass is 35.5. The van der Waals surface area contributed by atoms with Crippen LogP contribution in [-0.4, -0.2) is 29.8 Å². The minimum atomic E-state index is -0.139. The molecule has 130 valence electrons. The van der Waals surface area contributed by atoms with Crippen LogP contribution in [0.1, 0.15) is 44.6 Å². The Bertz CT molecular complexity index is 613. The van der Waals surface area contributed by atoms with Gasteiger partial charge in [-0.3, -0.25) is 9.59 Å². The topological polar surface area (TPSA) is 49.4 Å². The summed E-state index contributed by atoms with van der Waals surface area (Å²) in [5.41, 5.74) is 2.27. The fourth-order valence-corrected chi connectivity index (χ4v) is 3.03. The molecule has 0 unspecified atom stereocenters. The van der Waals surface area contributed by atoms with Gasteiger partial charge in [-0.05, 0) is 43.7 Å². The average Bonchev–Trinajstić information content (AvgIpc) is 2.57. The molecular formula is C19H25ClN2O2. The van der Waals surface area contributed by atoms with Crippen molar-refractivity contribution >= 4 is 23.4 Å². The van der Waals surface area contributed by atoms with E-state index in [-0.39, 0.29) is 18.4 Å². The molecule has 0 aromatic heterocycles. The summed E-state index contributed by atoms with van der Waals surface area (Å²) in [5, 5.41) is 3.51. The Morgan fingerprint density at radius 1 is 1.25 bits per heavy atom. The molecule has 0 heterocycles. The maximum Gasteiger partial charge on any atom is 0.239 e. The Morgan fingerprint density at radius 2 is 2.04 bits per heavy atom. The van der Waals surface area contributed by atoms with Crippen molar-refractivity contribution in [3.05, 3.63) is 46.5 Å². The first-order chi connectivity index (χ1) is 11.6.